The zero-order chi connectivity index (χ0) is 13.8. The quantitative estimate of drug-likeness (QED) is 0.715. The lowest BCUT2D eigenvalue weighted by atomic mass is 10.00. The van der Waals surface area contributed by atoms with Gasteiger partial charge in [0.2, 0.25) is 0 Å². The summed E-state index contributed by atoms with van der Waals surface area (Å²) in [5, 5.41) is 0.766. The second-order valence-electron chi connectivity index (χ2n) is 4.45. The van der Waals surface area contributed by atoms with E-state index in [-0.39, 0.29) is 5.78 Å². The maximum Gasteiger partial charge on any atom is 0.164 e. The van der Waals surface area contributed by atoms with Crippen molar-refractivity contribution in [2.45, 2.75) is 19.8 Å². The van der Waals surface area contributed by atoms with Crippen LogP contribution in [0, 0.1) is 6.92 Å². The van der Waals surface area contributed by atoms with E-state index in [9.17, 15) is 4.79 Å². The van der Waals surface area contributed by atoms with Crippen LogP contribution in [0.3, 0.4) is 0 Å². The van der Waals surface area contributed by atoms with Gasteiger partial charge in [0.1, 0.15) is 0 Å². The van der Waals surface area contributed by atoms with Crippen molar-refractivity contribution in [3.8, 4) is 0 Å². The van der Waals surface area contributed by atoms with Gasteiger partial charge in [-0.2, -0.15) is 0 Å². The molecule has 0 saturated carbocycles. The van der Waals surface area contributed by atoms with Crippen LogP contribution in [0.25, 0.3) is 0 Å². The third kappa shape index (κ3) is 3.37. The fourth-order valence-corrected chi connectivity index (χ4v) is 2.40. The molecule has 19 heavy (non-hydrogen) atoms. The van der Waals surface area contributed by atoms with Crippen molar-refractivity contribution in [3.05, 3.63) is 69.2 Å². The van der Waals surface area contributed by atoms with E-state index in [1.54, 1.807) is 18.2 Å². The second kappa shape index (κ2) is 6.23. The molecule has 0 heterocycles. The lowest BCUT2D eigenvalue weighted by Crippen LogP contribution is -2.03. The van der Waals surface area contributed by atoms with E-state index >= 15 is 0 Å². The first-order valence-electron chi connectivity index (χ1n) is 6.11. The molecule has 2 aromatic carbocycles. The largest absolute Gasteiger partial charge is 0.294 e. The van der Waals surface area contributed by atoms with Crippen molar-refractivity contribution in [1.82, 2.24) is 0 Å². The molecule has 0 aliphatic heterocycles. The van der Waals surface area contributed by atoms with Crippen LogP contribution in [0.15, 0.2) is 42.5 Å². The van der Waals surface area contributed by atoms with Crippen LogP contribution in [0.2, 0.25) is 10.0 Å². The average molecular weight is 293 g/mol. The standard InChI is InChI=1S/C16H14Cl2O/c1-11-5-2-3-6-12(11)9-10-15(19)13-7-4-8-14(17)16(13)18/h2-8H,9-10H2,1H3. The number of rotatable bonds is 4. The average Bonchev–Trinajstić information content (AvgIpc) is 2.40. The normalized spacial score (nSPS) is 10.5. The van der Waals surface area contributed by atoms with Gasteiger partial charge in [-0.1, -0.05) is 53.5 Å². The summed E-state index contributed by atoms with van der Waals surface area (Å²) in [4.78, 5) is 12.2. The van der Waals surface area contributed by atoms with Crippen molar-refractivity contribution in [3.63, 3.8) is 0 Å². The van der Waals surface area contributed by atoms with E-state index in [2.05, 4.69) is 0 Å². The van der Waals surface area contributed by atoms with E-state index in [4.69, 9.17) is 23.2 Å². The topological polar surface area (TPSA) is 17.1 Å². The van der Waals surface area contributed by atoms with Crippen molar-refractivity contribution in [2.24, 2.45) is 0 Å². The Morgan fingerprint density at radius 3 is 2.53 bits per heavy atom. The molecule has 1 nitrogen and oxygen atoms in total. The van der Waals surface area contributed by atoms with E-state index < -0.39 is 0 Å². The minimum absolute atomic E-state index is 0.0238. The van der Waals surface area contributed by atoms with Gasteiger partial charge in [0, 0.05) is 12.0 Å². The van der Waals surface area contributed by atoms with Crippen molar-refractivity contribution >= 4 is 29.0 Å². The van der Waals surface area contributed by atoms with Crippen LogP contribution < -0.4 is 0 Å². The Morgan fingerprint density at radius 1 is 1.05 bits per heavy atom. The highest BCUT2D eigenvalue weighted by Crippen LogP contribution is 2.26. The molecule has 2 aromatic rings. The molecule has 2 rings (SSSR count). The number of halogens is 2. The molecule has 0 saturated heterocycles. The van der Waals surface area contributed by atoms with Crippen LogP contribution in [0.1, 0.15) is 27.9 Å². The molecule has 0 unspecified atom stereocenters. The Kier molecular flexibility index (Phi) is 4.62. The third-order valence-corrected chi connectivity index (χ3v) is 3.95. The van der Waals surface area contributed by atoms with Crippen LogP contribution in [-0.2, 0) is 6.42 Å². The SMILES string of the molecule is Cc1ccccc1CCC(=O)c1cccc(Cl)c1Cl. The molecule has 0 fully saturated rings. The fraction of sp³-hybridized carbons (Fsp3) is 0.188. The second-order valence-corrected chi connectivity index (χ2v) is 5.24. The number of Topliss-reactive ketones (excluding diaryl/α,β-unsaturated/α-hetero) is 1. The first-order chi connectivity index (χ1) is 9.09. The van der Waals surface area contributed by atoms with Gasteiger partial charge in [0.05, 0.1) is 10.0 Å². The smallest absolute Gasteiger partial charge is 0.164 e. The highest BCUT2D eigenvalue weighted by Gasteiger charge is 2.12. The predicted octanol–water partition coefficient (Wildman–Crippen LogP) is 5.12. The highest BCUT2D eigenvalue weighted by molar-refractivity contribution is 6.43. The van der Waals surface area contributed by atoms with Crippen molar-refractivity contribution in [2.75, 3.05) is 0 Å². The van der Waals surface area contributed by atoms with E-state index in [1.165, 1.54) is 11.1 Å². The zero-order valence-corrected chi connectivity index (χ0v) is 12.1. The van der Waals surface area contributed by atoms with Crippen LogP contribution >= 0.6 is 23.2 Å². The highest BCUT2D eigenvalue weighted by atomic mass is 35.5. The minimum Gasteiger partial charge on any atom is -0.294 e. The molecule has 3 heteroatoms. The summed E-state index contributed by atoms with van der Waals surface area (Å²) in [5.41, 5.74) is 2.89. The third-order valence-electron chi connectivity index (χ3n) is 3.13. The molecule has 0 spiro atoms. The Hall–Kier alpha value is -1.31. The molecular weight excluding hydrogens is 279 g/mol. The number of hydrogen-bond donors (Lipinski definition) is 0. The number of carbonyl (C=O) groups excluding carboxylic acids is 1. The monoisotopic (exact) mass is 292 g/mol. The molecule has 0 amide bonds. The Labute approximate surface area is 123 Å². The summed E-state index contributed by atoms with van der Waals surface area (Å²) >= 11 is 12.0. The summed E-state index contributed by atoms with van der Waals surface area (Å²) in [6.45, 7) is 2.05. The van der Waals surface area contributed by atoms with E-state index in [0.29, 0.717) is 28.5 Å². The number of benzene rings is 2. The van der Waals surface area contributed by atoms with E-state index in [0.717, 1.165) is 0 Å². The predicted molar refractivity (Wildman–Crippen MR) is 80.3 cm³/mol. The summed E-state index contributed by atoms with van der Waals surface area (Å²) in [7, 11) is 0. The molecule has 0 radical (unpaired) electrons. The van der Waals surface area contributed by atoms with Gasteiger partial charge >= 0.3 is 0 Å². The zero-order valence-electron chi connectivity index (χ0n) is 10.6. The van der Waals surface area contributed by atoms with Gasteiger partial charge in [0.15, 0.2) is 5.78 Å². The van der Waals surface area contributed by atoms with Gasteiger partial charge in [0.25, 0.3) is 0 Å². The molecule has 98 valence electrons. The van der Waals surface area contributed by atoms with Crippen molar-refractivity contribution in [1.29, 1.82) is 0 Å². The Morgan fingerprint density at radius 2 is 1.79 bits per heavy atom. The first kappa shape index (κ1) is 14.1. The fourth-order valence-electron chi connectivity index (χ4n) is 1.99. The van der Waals surface area contributed by atoms with Gasteiger partial charge in [-0.15, -0.1) is 0 Å². The van der Waals surface area contributed by atoms with Crippen molar-refractivity contribution < 1.29 is 4.79 Å². The van der Waals surface area contributed by atoms with Crippen LogP contribution in [0.4, 0.5) is 0 Å². The molecule has 0 aromatic heterocycles. The molecular formula is C16H14Cl2O. The Balaban J connectivity index is 2.10. The summed E-state index contributed by atoms with van der Waals surface area (Å²) in [6.07, 6.45) is 1.15. The molecule has 0 atom stereocenters. The van der Waals surface area contributed by atoms with Gasteiger partial charge in [-0.25, -0.2) is 0 Å². The number of aryl methyl sites for hydroxylation is 2. The van der Waals surface area contributed by atoms with Crippen LogP contribution in [0.5, 0.6) is 0 Å². The molecule has 0 N–H and O–H groups in total. The summed E-state index contributed by atoms with van der Waals surface area (Å²) in [5.74, 6) is 0.0238. The first-order valence-corrected chi connectivity index (χ1v) is 6.87. The summed E-state index contributed by atoms with van der Waals surface area (Å²) < 4.78 is 0. The van der Waals surface area contributed by atoms with Gasteiger partial charge < -0.3 is 0 Å². The number of carbonyl (C=O) groups is 1. The lowest BCUT2D eigenvalue weighted by Gasteiger charge is -2.07. The lowest BCUT2D eigenvalue weighted by molar-refractivity contribution is 0.0983. The summed E-state index contributed by atoms with van der Waals surface area (Å²) in [6, 6.07) is 13.2. The molecule has 0 aliphatic carbocycles. The number of hydrogen-bond acceptors (Lipinski definition) is 1. The maximum absolute atomic E-state index is 12.2. The van der Waals surface area contributed by atoms with Crippen LogP contribution in [-0.4, -0.2) is 5.78 Å². The van der Waals surface area contributed by atoms with Gasteiger partial charge in [-0.05, 0) is 36.6 Å². The van der Waals surface area contributed by atoms with Gasteiger partial charge in [-0.3, -0.25) is 4.79 Å². The van der Waals surface area contributed by atoms with E-state index in [1.807, 2.05) is 31.2 Å². The minimum atomic E-state index is 0.0238. The Bertz CT molecular complexity index is 605. The number of ketones is 1. The molecule has 0 bridgehead atoms. The maximum atomic E-state index is 12.2. The molecule has 0 aliphatic rings.